The van der Waals surface area contributed by atoms with Gasteiger partial charge < -0.3 is 0 Å². The van der Waals surface area contributed by atoms with Gasteiger partial charge in [0.15, 0.2) is 0 Å². The molecule has 0 radical (unpaired) electrons. The minimum atomic E-state index is 0.950. The van der Waals surface area contributed by atoms with E-state index in [1.54, 1.807) is 0 Å². The Morgan fingerprint density at radius 3 is 1.10 bits per heavy atom. The van der Waals surface area contributed by atoms with Crippen molar-refractivity contribution < 1.29 is 0 Å². The van der Waals surface area contributed by atoms with E-state index >= 15 is 0 Å². The number of azo groups is 1. The van der Waals surface area contributed by atoms with Crippen LogP contribution < -0.4 is 0 Å². The van der Waals surface area contributed by atoms with Crippen molar-refractivity contribution in [2.24, 2.45) is 10.2 Å². The van der Waals surface area contributed by atoms with Crippen LogP contribution in [0.25, 0.3) is 0 Å². The number of hydrogen-bond acceptors (Lipinski definition) is 2. The molecule has 0 aliphatic heterocycles. The van der Waals surface area contributed by atoms with Gasteiger partial charge in [0, 0.05) is 0 Å². The molecule has 2 rings (SSSR count). The lowest BCUT2D eigenvalue weighted by Crippen LogP contribution is -1.84. The third kappa shape index (κ3) is 2.96. The van der Waals surface area contributed by atoms with E-state index < -0.39 is 0 Å². The summed E-state index contributed by atoms with van der Waals surface area (Å²) in [7, 11) is 0. The van der Waals surface area contributed by atoms with Crippen LogP contribution in [0.1, 0.15) is 33.4 Å². The molecular formula is C18H22N2. The second-order valence-corrected chi connectivity index (χ2v) is 5.65. The highest BCUT2D eigenvalue weighted by Crippen LogP contribution is 2.28. The zero-order valence-electron chi connectivity index (χ0n) is 13.2. The van der Waals surface area contributed by atoms with Gasteiger partial charge in [0.2, 0.25) is 0 Å². The zero-order valence-corrected chi connectivity index (χ0v) is 13.2. The van der Waals surface area contributed by atoms with Crippen molar-refractivity contribution >= 4 is 11.4 Å². The third-order valence-electron chi connectivity index (χ3n) is 3.89. The molecule has 0 unspecified atom stereocenters. The average Bonchev–Trinajstić information content (AvgIpc) is 2.37. The van der Waals surface area contributed by atoms with Crippen molar-refractivity contribution in [1.29, 1.82) is 0 Å². The predicted octanol–water partition coefficient (Wildman–Crippen LogP) is 5.95. The smallest absolute Gasteiger partial charge is 0.0889 e. The second-order valence-electron chi connectivity index (χ2n) is 5.65. The van der Waals surface area contributed by atoms with Crippen molar-refractivity contribution in [3.63, 3.8) is 0 Å². The molecule has 0 bridgehead atoms. The number of nitrogens with zero attached hydrogens (tertiary/aromatic N) is 2. The van der Waals surface area contributed by atoms with E-state index in [1.807, 2.05) is 0 Å². The minimum absolute atomic E-state index is 0.950. The molecule has 0 atom stereocenters. The molecule has 0 amide bonds. The van der Waals surface area contributed by atoms with Crippen molar-refractivity contribution in [3.05, 3.63) is 57.6 Å². The lowest BCUT2D eigenvalue weighted by Gasteiger charge is -2.06. The van der Waals surface area contributed by atoms with Gasteiger partial charge in [-0.3, -0.25) is 0 Å². The van der Waals surface area contributed by atoms with Crippen LogP contribution in [-0.4, -0.2) is 0 Å². The van der Waals surface area contributed by atoms with E-state index in [4.69, 9.17) is 0 Å². The normalized spacial score (nSPS) is 11.3. The molecular weight excluding hydrogens is 244 g/mol. The fourth-order valence-corrected chi connectivity index (χ4v) is 2.21. The van der Waals surface area contributed by atoms with Crippen molar-refractivity contribution in [2.75, 3.05) is 0 Å². The molecule has 2 nitrogen and oxygen atoms in total. The van der Waals surface area contributed by atoms with Crippen LogP contribution in [0, 0.1) is 41.5 Å². The van der Waals surface area contributed by atoms with Crippen LogP contribution in [0.3, 0.4) is 0 Å². The monoisotopic (exact) mass is 266 g/mol. The summed E-state index contributed by atoms with van der Waals surface area (Å²) < 4.78 is 0. The summed E-state index contributed by atoms with van der Waals surface area (Å²) in [5.74, 6) is 0. The van der Waals surface area contributed by atoms with Gasteiger partial charge in [0.1, 0.15) is 0 Å². The summed E-state index contributed by atoms with van der Waals surface area (Å²) in [4.78, 5) is 0. The molecule has 0 aliphatic rings. The summed E-state index contributed by atoms with van der Waals surface area (Å²) in [6.07, 6.45) is 0. The summed E-state index contributed by atoms with van der Waals surface area (Å²) in [5.41, 5.74) is 9.32. The molecule has 0 aromatic heterocycles. The lowest BCUT2D eigenvalue weighted by molar-refractivity contribution is 1.16. The van der Waals surface area contributed by atoms with Crippen LogP contribution in [0.2, 0.25) is 0 Å². The summed E-state index contributed by atoms with van der Waals surface area (Å²) in [6.45, 7) is 12.6. The molecule has 2 aromatic carbocycles. The van der Waals surface area contributed by atoms with Crippen LogP contribution in [-0.2, 0) is 0 Å². The first-order valence-electron chi connectivity index (χ1n) is 6.96. The number of hydrogen-bond donors (Lipinski definition) is 0. The van der Waals surface area contributed by atoms with Gasteiger partial charge in [0.05, 0.1) is 11.4 Å². The number of rotatable bonds is 2. The highest BCUT2D eigenvalue weighted by atomic mass is 15.1. The van der Waals surface area contributed by atoms with E-state index in [1.165, 1.54) is 33.4 Å². The Bertz CT molecular complexity index is 623. The largest absolute Gasteiger partial charge is 0.150 e. The van der Waals surface area contributed by atoms with E-state index in [0.717, 1.165) is 11.4 Å². The Hall–Kier alpha value is -1.96. The zero-order chi connectivity index (χ0) is 14.9. The Kier molecular flexibility index (Phi) is 4.03. The van der Waals surface area contributed by atoms with Crippen LogP contribution in [0.15, 0.2) is 34.5 Å². The molecule has 2 aromatic rings. The van der Waals surface area contributed by atoms with Gasteiger partial charge >= 0.3 is 0 Å². The maximum Gasteiger partial charge on any atom is 0.0889 e. The highest BCUT2D eigenvalue weighted by molar-refractivity contribution is 5.53. The first kappa shape index (κ1) is 14.4. The molecule has 20 heavy (non-hydrogen) atoms. The lowest BCUT2D eigenvalue weighted by atomic mass is 10.1. The third-order valence-corrected chi connectivity index (χ3v) is 3.89. The Morgan fingerprint density at radius 1 is 0.450 bits per heavy atom. The maximum atomic E-state index is 4.43. The van der Waals surface area contributed by atoms with E-state index in [2.05, 4.69) is 76.0 Å². The van der Waals surface area contributed by atoms with E-state index in [-0.39, 0.29) is 0 Å². The summed E-state index contributed by atoms with van der Waals surface area (Å²) in [5, 5.41) is 8.87. The first-order valence-corrected chi connectivity index (χ1v) is 6.96. The van der Waals surface area contributed by atoms with Gasteiger partial charge in [0.25, 0.3) is 0 Å². The fourth-order valence-electron chi connectivity index (χ4n) is 2.21. The Labute approximate surface area is 121 Å². The van der Waals surface area contributed by atoms with Gasteiger partial charge in [-0.25, -0.2) is 0 Å². The molecule has 0 aliphatic carbocycles. The summed E-state index contributed by atoms with van der Waals surface area (Å²) >= 11 is 0. The number of aryl methyl sites for hydroxylation is 6. The molecule has 0 fully saturated rings. The minimum Gasteiger partial charge on any atom is -0.150 e. The SMILES string of the molecule is Cc1cc(C)c(N=Nc2cc(C)c(C)cc2C)cc1C. The predicted molar refractivity (Wildman–Crippen MR) is 85.5 cm³/mol. The summed E-state index contributed by atoms with van der Waals surface area (Å²) in [6, 6.07) is 8.53. The first-order chi connectivity index (χ1) is 9.38. The molecule has 0 spiro atoms. The fraction of sp³-hybridized carbons (Fsp3) is 0.333. The van der Waals surface area contributed by atoms with Crippen molar-refractivity contribution in [3.8, 4) is 0 Å². The molecule has 0 heterocycles. The van der Waals surface area contributed by atoms with Gasteiger partial charge in [-0.05, 0) is 87.1 Å². The molecule has 0 saturated heterocycles. The quantitative estimate of drug-likeness (QED) is 0.600. The van der Waals surface area contributed by atoms with Crippen molar-refractivity contribution in [1.82, 2.24) is 0 Å². The molecule has 0 saturated carbocycles. The van der Waals surface area contributed by atoms with Gasteiger partial charge in [-0.1, -0.05) is 12.1 Å². The van der Waals surface area contributed by atoms with Crippen LogP contribution >= 0.6 is 0 Å². The maximum absolute atomic E-state index is 4.43. The van der Waals surface area contributed by atoms with E-state index in [0.29, 0.717) is 0 Å². The molecule has 104 valence electrons. The average molecular weight is 266 g/mol. The van der Waals surface area contributed by atoms with Crippen LogP contribution in [0.4, 0.5) is 11.4 Å². The topological polar surface area (TPSA) is 24.7 Å². The van der Waals surface area contributed by atoms with Crippen LogP contribution in [0.5, 0.6) is 0 Å². The Morgan fingerprint density at radius 2 is 0.750 bits per heavy atom. The molecule has 0 N–H and O–H groups in total. The molecule has 2 heteroatoms. The number of benzene rings is 2. The standard InChI is InChI=1S/C18H22N2/c1-11-7-15(5)17(9-13(11)3)19-20-18-10-14(4)12(2)8-16(18)6/h7-10H,1-6H3. The second kappa shape index (κ2) is 5.58. The van der Waals surface area contributed by atoms with Gasteiger partial charge in [-0.2, -0.15) is 10.2 Å². The van der Waals surface area contributed by atoms with Crippen molar-refractivity contribution in [2.45, 2.75) is 41.5 Å². The van der Waals surface area contributed by atoms with E-state index in [9.17, 15) is 0 Å². The Balaban J connectivity index is 2.39. The van der Waals surface area contributed by atoms with Gasteiger partial charge in [-0.15, -0.1) is 0 Å². The highest BCUT2D eigenvalue weighted by Gasteiger charge is 2.03.